The maximum absolute atomic E-state index is 8.61. The van der Waals surface area contributed by atoms with Gasteiger partial charge in [-0.15, -0.1) is 11.8 Å². The van der Waals surface area contributed by atoms with Crippen LogP contribution in [0.5, 0.6) is 11.5 Å². The molecule has 1 heterocycles. The van der Waals surface area contributed by atoms with E-state index in [-0.39, 0.29) is 11.8 Å². The Labute approximate surface area is 116 Å². The van der Waals surface area contributed by atoms with Gasteiger partial charge in [-0.1, -0.05) is 12.1 Å². The monoisotopic (exact) mass is 282 g/mol. The number of benzene rings is 1. The van der Waals surface area contributed by atoms with Crippen LogP contribution in [0.1, 0.15) is 13.3 Å². The average Bonchev–Trinajstić information content (AvgIpc) is 2.68. The van der Waals surface area contributed by atoms with Gasteiger partial charge in [0.1, 0.15) is 5.84 Å². The third-order valence-electron chi connectivity index (χ3n) is 2.84. The van der Waals surface area contributed by atoms with E-state index >= 15 is 0 Å². The molecule has 2 rings (SSSR count). The Kier molecular flexibility index (Phi) is 4.79. The van der Waals surface area contributed by atoms with Crippen LogP contribution in [0.25, 0.3) is 0 Å². The molecule has 1 atom stereocenters. The molecule has 0 bridgehead atoms. The summed E-state index contributed by atoms with van der Waals surface area (Å²) >= 11 is 1.64. The number of hydrogen-bond donors (Lipinski definition) is 2. The van der Waals surface area contributed by atoms with Gasteiger partial charge in [-0.05, 0) is 18.2 Å². The molecule has 3 N–H and O–H groups in total. The molecule has 0 fully saturated rings. The first kappa shape index (κ1) is 13.9. The fourth-order valence-corrected chi connectivity index (χ4v) is 2.61. The molecule has 1 unspecified atom stereocenters. The highest BCUT2D eigenvalue weighted by Crippen LogP contribution is 2.34. The highest BCUT2D eigenvalue weighted by atomic mass is 32.2. The number of nitrogens with zero attached hydrogens (tertiary/aromatic N) is 1. The summed E-state index contributed by atoms with van der Waals surface area (Å²) < 4.78 is 11.2. The van der Waals surface area contributed by atoms with Crippen molar-refractivity contribution in [1.82, 2.24) is 0 Å². The first-order valence-corrected chi connectivity index (χ1v) is 7.19. The highest BCUT2D eigenvalue weighted by Gasteiger charge is 2.12. The summed E-state index contributed by atoms with van der Waals surface area (Å²) in [6.45, 7) is 3.30. The number of rotatable bonds is 4. The lowest BCUT2D eigenvalue weighted by atomic mass is 10.2. The molecule has 0 radical (unpaired) electrons. The molecule has 0 aromatic heterocycles. The van der Waals surface area contributed by atoms with E-state index in [1.54, 1.807) is 11.8 Å². The van der Waals surface area contributed by atoms with E-state index in [0.717, 1.165) is 28.6 Å². The first-order valence-electron chi connectivity index (χ1n) is 6.20. The van der Waals surface area contributed by atoms with Crippen LogP contribution < -0.4 is 15.2 Å². The van der Waals surface area contributed by atoms with Crippen LogP contribution in [0.3, 0.4) is 0 Å². The second-order valence-electron chi connectivity index (χ2n) is 4.40. The lowest BCUT2D eigenvalue weighted by Gasteiger charge is -2.11. The van der Waals surface area contributed by atoms with Crippen molar-refractivity contribution in [2.24, 2.45) is 16.8 Å². The van der Waals surface area contributed by atoms with E-state index < -0.39 is 0 Å². The number of hydrogen-bond acceptors (Lipinski definition) is 5. The van der Waals surface area contributed by atoms with Crippen molar-refractivity contribution in [3.05, 3.63) is 18.2 Å². The minimum Gasteiger partial charge on any atom is -0.490 e. The molecule has 19 heavy (non-hydrogen) atoms. The van der Waals surface area contributed by atoms with Gasteiger partial charge in [0.25, 0.3) is 0 Å². The number of nitrogens with two attached hydrogens (primary N) is 1. The average molecular weight is 282 g/mol. The van der Waals surface area contributed by atoms with Crippen molar-refractivity contribution in [2.45, 2.75) is 18.2 Å². The summed E-state index contributed by atoms with van der Waals surface area (Å²) in [5.74, 6) is 2.60. The van der Waals surface area contributed by atoms with Crippen molar-refractivity contribution >= 4 is 17.6 Å². The first-order chi connectivity index (χ1) is 9.20. The van der Waals surface area contributed by atoms with Crippen LogP contribution in [0.15, 0.2) is 28.3 Å². The molecule has 6 heteroatoms. The van der Waals surface area contributed by atoms with Crippen LogP contribution >= 0.6 is 11.8 Å². The second kappa shape index (κ2) is 6.56. The zero-order valence-electron chi connectivity index (χ0n) is 10.8. The maximum Gasteiger partial charge on any atom is 0.162 e. The molecule has 5 nitrogen and oxygen atoms in total. The summed E-state index contributed by atoms with van der Waals surface area (Å²) in [5, 5.41) is 11.6. The van der Waals surface area contributed by atoms with Gasteiger partial charge in [0, 0.05) is 23.0 Å². The zero-order valence-corrected chi connectivity index (χ0v) is 11.7. The Morgan fingerprint density at radius 2 is 2.16 bits per heavy atom. The Balaban J connectivity index is 2.00. The summed E-state index contributed by atoms with van der Waals surface area (Å²) in [4.78, 5) is 1.09. The van der Waals surface area contributed by atoms with Crippen molar-refractivity contribution in [1.29, 1.82) is 0 Å². The van der Waals surface area contributed by atoms with Crippen LogP contribution in [-0.4, -0.2) is 30.0 Å². The predicted molar refractivity (Wildman–Crippen MR) is 75.3 cm³/mol. The van der Waals surface area contributed by atoms with Gasteiger partial charge in [-0.25, -0.2) is 0 Å². The number of fused-ring (bicyclic) bond motifs is 1. The SMILES string of the molecule is CC(CSc1ccc2c(c1)OCCCO2)/C(N)=N/O. The lowest BCUT2D eigenvalue weighted by molar-refractivity contribution is 0.297. The van der Waals surface area contributed by atoms with Crippen LogP contribution in [-0.2, 0) is 0 Å². The molecule has 0 aliphatic carbocycles. The Morgan fingerprint density at radius 1 is 1.42 bits per heavy atom. The van der Waals surface area contributed by atoms with Crippen molar-refractivity contribution in [2.75, 3.05) is 19.0 Å². The minimum absolute atomic E-state index is 0.0194. The molecule has 0 amide bonds. The molecular formula is C13H18N2O3S. The fourth-order valence-electron chi connectivity index (χ4n) is 1.64. The largest absolute Gasteiger partial charge is 0.490 e. The standard InChI is InChI=1S/C13H18N2O3S/c1-9(13(14)15-16)8-19-10-3-4-11-12(7-10)18-6-2-5-17-11/h3-4,7,9,16H,2,5-6,8H2,1H3,(H2,14,15). The van der Waals surface area contributed by atoms with E-state index in [9.17, 15) is 0 Å². The third kappa shape index (κ3) is 3.70. The van der Waals surface area contributed by atoms with Gasteiger partial charge in [0.15, 0.2) is 11.5 Å². The second-order valence-corrected chi connectivity index (χ2v) is 5.49. The topological polar surface area (TPSA) is 77.1 Å². The predicted octanol–water partition coefficient (Wildman–Crippen LogP) is 2.32. The van der Waals surface area contributed by atoms with Gasteiger partial charge >= 0.3 is 0 Å². The van der Waals surface area contributed by atoms with Crippen LogP contribution in [0.2, 0.25) is 0 Å². The molecule has 1 aromatic rings. The van der Waals surface area contributed by atoms with Crippen LogP contribution in [0.4, 0.5) is 0 Å². The molecule has 1 aromatic carbocycles. The van der Waals surface area contributed by atoms with Gasteiger partial charge in [0.2, 0.25) is 0 Å². The Morgan fingerprint density at radius 3 is 2.89 bits per heavy atom. The molecule has 1 aliphatic heterocycles. The summed E-state index contributed by atoms with van der Waals surface area (Å²) in [6, 6.07) is 5.90. The van der Waals surface area contributed by atoms with E-state index in [4.69, 9.17) is 20.4 Å². The van der Waals surface area contributed by atoms with Crippen molar-refractivity contribution in [3.8, 4) is 11.5 Å². The van der Waals surface area contributed by atoms with Crippen molar-refractivity contribution < 1.29 is 14.7 Å². The molecule has 1 aliphatic rings. The van der Waals surface area contributed by atoms with Gasteiger partial charge in [0.05, 0.1) is 13.2 Å². The summed E-state index contributed by atoms with van der Waals surface area (Å²) in [6.07, 6.45) is 0.900. The van der Waals surface area contributed by atoms with Gasteiger partial charge < -0.3 is 20.4 Å². The number of oxime groups is 1. The molecular weight excluding hydrogens is 264 g/mol. The molecule has 0 saturated carbocycles. The maximum atomic E-state index is 8.61. The molecule has 0 spiro atoms. The molecule has 0 saturated heterocycles. The van der Waals surface area contributed by atoms with E-state index in [1.165, 1.54) is 0 Å². The van der Waals surface area contributed by atoms with E-state index in [2.05, 4.69) is 5.16 Å². The Hall–Kier alpha value is -1.56. The number of ether oxygens (including phenoxy) is 2. The fraction of sp³-hybridized carbons (Fsp3) is 0.462. The summed E-state index contributed by atoms with van der Waals surface area (Å²) in [7, 11) is 0. The number of thioether (sulfide) groups is 1. The number of amidine groups is 1. The normalized spacial score (nSPS) is 16.8. The lowest BCUT2D eigenvalue weighted by Crippen LogP contribution is -2.22. The zero-order chi connectivity index (χ0) is 13.7. The van der Waals surface area contributed by atoms with Gasteiger partial charge in [-0.2, -0.15) is 0 Å². The van der Waals surface area contributed by atoms with Crippen molar-refractivity contribution in [3.63, 3.8) is 0 Å². The quantitative estimate of drug-likeness (QED) is 0.291. The summed E-state index contributed by atoms with van der Waals surface area (Å²) in [5.41, 5.74) is 5.55. The highest BCUT2D eigenvalue weighted by molar-refractivity contribution is 7.99. The third-order valence-corrected chi connectivity index (χ3v) is 4.09. The van der Waals surface area contributed by atoms with E-state index in [1.807, 2.05) is 25.1 Å². The van der Waals surface area contributed by atoms with Crippen LogP contribution in [0, 0.1) is 5.92 Å². The van der Waals surface area contributed by atoms with Gasteiger partial charge in [-0.3, -0.25) is 0 Å². The Bertz CT molecular complexity index is 465. The smallest absolute Gasteiger partial charge is 0.162 e. The van der Waals surface area contributed by atoms with E-state index in [0.29, 0.717) is 13.2 Å². The minimum atomic E-state index is 0.0194. The molecule has 104 valence electrons.